The van der Waals surface area contributed by atoms with Crippen LogP contribution in [0.25, 0.3) is 10.9 Å². The number of pyridine rings is 1. The van der Waals surface area contributed by atoms with E-state index in [9.17, 15) is 33.9 Å². The third-order valence-corrected chi connectivity index (χ3v) is 8.68. The molecule has 5 amide bonds. The van der Waals surface area contributed by atoms with E-state index < -0.39 is 36.0 Å². The number of benzene rings is 1. The number of fused-ring (bicyclic) bond motifs is 1. The highest BCUT2D eigenvalue weighted by Gasteiger charge is 2.37. The molecule has 0 bridgehead atoms. The normalized spacial score (nSPS) is 18.3. The quantitative estimate of drug-likeness (QED) is 0.299. The van der Waals surface area contributed by atoms with Gasteiger partial charge in [0.2, 0.25) is 11.8 Å². The van der Waals surface area contributed by atoms with E-state index >= 15 is 0 Å². The molecule has 1 aromatic heterocycles. The Morgan fingerprint density at radius 3 is 2.42 bits per heavy atom. The van der Waals surface area contributed by atoms with Crippen molar-refractivity contribution in [1.82, 2.24) is 30.3 Å². The average molecular weight is 667 g/mol. The second-order valence-electron chi connectivity index (χ2n) is 12.3. The van der Waals surface area contributed by atoms with Crippen LogP contribution in [0.5, 0.6) is 5.75 Å². The van der Waals surface area contributed by atoms with Crippen molar-refractivity contribution in [3.63, 3.8) is 0 Å². The van der Waals surface area contributed by atoms with Crippen LogP contribution >= 0.6 is 0 Å². The molecule has 2 saturated heterocycles. The van der Waals surface area contributed by atoms with Gasteiger partial charge in [0.05, 0.1) is 12.1 Å². The number of ether oxygens (including phenoxy) is 2. The van der Waals surface area contributed by atoms with Crippen molar-refractivity contribution in [1.29, 1.82) is 0 Å². The standard InChI is InChI=1S/C33H42N6O9/c1-3-47-33(46)38-15-13-37(14-16-38)32(45)23(10-11-29(41)42)36-30(43)25-18-27(22-9-6-20(2)17-24(22)35-25)48-19-28(40)39-12-4-5-26(39)31(44)34-21-7-8-21/h6,9,17-18,21,23,26H,3-5,7-8,10-16,19H2,1-2H3,(H,34,44)(H,36,43)(H,41,42). The summed E-state index contributed by atoms with van der Waals surface area (Å²) in [5.41, 5.74) is 1.21. The molecule has 2 aromatic rings. The molecule has 258 valence electrons. The number of carboxylic acids is 1. The minimum absolute atomic E-state index is 0.0846. The minimum Gasteiger partial charge on any atom is -0.483 e. The van der Waals surface area contributed by atoms with E-state index in [1.807, 2.05) is 13.0 Å². The SMILES string of the molecule is CCOC(=O)N1CCN(C(=O)C(CCC(=O)O)NC(=O)c2cc(OCC(=O)N3CCCC3C(=O)NC3CC3)c3ccc(C)cc3n2)CC1. The van der Waals surface area contributed by atoms with Crippen LogP contribution in [-0.2, 0) is 23.9 Å². The summed E-state index contributed by atoms with van der Waals surface area (Å²) >= 11 is 0. The smallest absolute Gasteiger partial charge is 0.409 e. The Labute approximate surface area is 277 Å². The van der Waals surface area contributed by atoms with Crippen LogP contribution in [0.4, 0.5) is 4.79 Å². The Morgan fingerprint density at radius 1 is 1.00 bits per heavy atom. The molecule has 5 rings (SSSR count). The molecule has 15 nitrogen and oxygen atoms in total. The molecule has 15 heteroatoms. The maximum absolute atomic E-state index is 13.6. The van der Waals surface area contributed by atoms with Crippen LogP contribution in [0, 0.1) is 6.92 Å². The number of nitrogens with zero attached hydrogens (tertiary/aromatic N) is 4. The molecule has 1 aliphatic carbocycles. The zero-order chi connectivity index (χ0) is 34.4. The van der Waals surface area contributed by atoms with Gasteiger partial charge >= 0.3 is 12.1 Å². The topological polar surface area (TPSA) is 188 Å². The molecule has 0 radical (unpaired) electrons. The van der Waals surface area contributed by atoms with E-state index in [2.05, 4.69) is 15.6 Å². The van der Waals surface area contributed by atoms with Crippen molar-refractivity contribution >= 4 is 46.6 Å². The number of carbonyl (C=O) groups excluding carboxylic acids is 5. The van der Waals surface area contributed by atoms with Crippen LogP contribution in [-0.4, -0.2) is 125 Å². The van der Waals surface area contributed by atoms with Crippen molar-refractivity contribution in [2.75, 3.05) is 45.9 Å². The summed E-state index contributed by atoms with van der Waals surface area (Å²) in [6.45, 7) is 4.72. The van der Waals surface area contributed by atoms with Crippen molar-refractivity contribution in [2.45, 2.75) is 70.5 Å². The number of aryl methyl sites for hydroxylation is 1. The van der Waals surface area contributed by atoms with Crippen molar-refractivity contribution in [3.05, 3.63) is 35.5 Å². The first-order chi connectivity index (χ1) is 23.0. The highest BCUT2D eigenvalue weighted by Crippen LogP contribution is 2.28. The first-order valence-corrected chi connectivity index (χ1v) is 16.4. The second-order valence-corrected chi connectivity index (χ2v) is 12.3. The summed E-state index contributed by atoms with van der Waals surface area (Å²) in [5.74, 6) is -2.61. The van der Waals surface area contributed by atoms with Crippen molar-refractivity contribution < 1.29 is 43.3 Å². The highest BCUT2D eigenvalue weighted by atomic mass is 16.6. The molecule has 2 unspecified atom stereocenters. The van der Waals surface area contributed by atoms with E-state index in [0.29, 0.717) is 30.3 Å². The molecule has 2 aliphatic heterocycles. The number of aliphatic carboxylic acids is 1. The summed E-state index contributed by atoms with van der Waals surface area (Å²) in [5, 5.41) is 15.5. The molecule has 3 fully saturated rings. The number of carbonyl (C=O) groups is 6. The van der Waals surface area contributed by atoms with E-state index in [0.717, 1.165) is 18.4 Å². The first-order valence-electron chi connectivity index (χ1n) is 16.4. The summed E-state index contributed by atoms with van der Waals surface area (Å²) < 4.78 is 11.0. The van der Waals surface area contributed by atoms with Gasteiger partial charge in [-0.05, 0) is 63.6 Å². The molecule has 3 aliphatic rings. The summed E-state index contributed by atoms with van der Waals surface area (Å²) in [6.07, 6.45) is 2.18. The minimum atomic E-state index is -1.17. The van der Waals surface area contributed by atoms with E-state index in [1.54, 1.807) is 19.1 Å². The lowest BCUT2D eigenvalue weighted by Crippen LogP contribution is -2.56. The van der Waals surface area contributed by atoms with Gasteiger partial charge in [0.25, 0.3) is 11.8 Å². The van der Waals surface area contributed by atoms with Crippen molar-refractivity contribution in [2.24, 2.45) is 0 Å². The third kappa shape index (κ3) is 8.49. The van der Waals surface area contributed by atoms with Crippen LogP contribution in [0.2, 0.25) is 0 Å². The monoisotopic (exact) mass is 666 g/mol. The lowest BCUT2D eigenvalue weighted by atomic mass is 10.1. The predicted octanol–water partition coefficient (Wildman–Crippen LogP) is 1.46. The number of likely N-dealkylation sites (tertiary alicyclic amines) is 1. The van der Waals surface area contributed by atoms with E-state index in [4.69, 9.17) is 9.47 Å². The Balaban J connectivity index is 1.30. The zero-order valence-electron chi connectivity index (χ0n) is 27.2. The number of amides is 5. The summed E-state index contributed by atoms with van der Waals surface area (Å²) in [4.78, 5) is 85.6. The zero-order valence-corrected chi connectivity index (χ0v) is 27.2. The van der Waals surface area contributed by atoms with Crippen LogP contribution in [0.3, 0.4) is 0 Å². The molecule has 1 aromatic carbocycles. The number of nitrogens with one attached hydrogen (secondary N) is 2. The van der Waals surface area contributed by atoms with Gasteiger partial charge in [-0.15, -0.1) is 0 Å². The van der Waals surface area contributed by atoms with Gasteiger partial charge in [0.15, 0.2) is 6.61 Å². The number of aromatic nitrogens is 1. The number of hydrogen-bond acceptors (Lipinski definition) is 9. The third-order valence-electron chi connectivity index (χ3n) is 8.68. The maximum atomic E-state index is 13.6. The fourth-order valence-corrected chi connectivity index (χ4v) is 5.93. The largest absolute Gasteiger partial charge is 0.483 e. The van der Waals surface area contributed by atoms with Gasteiger partial charge < -0.3 is 39.9 Å². The molecule has 48 heavy (non-hydrogen) atoms. The van der Waals surface area contributed by atoms with Gasteiger partial charge in [-0.2, -0.15) is 0 Å². The molecule has 2 atom stereocenters. The summed E-state index contributed by atoms with van der Waals surface area (Å²) in [6, 6.07) is 5.23. The maximum Gasteiger partial charge on any atom is 0.409 e. The second kappa shape index (κ2) is 15.3. The van der Waals surface area contributed by atoms with E-state index in [1.165, 1.54) is 20.8 Å². The highest BCUT2D eigenvalue weighted by molar-refractivity contribution is 5.99. The lowest BCUT2D eigenvalue weighted by Gasteiger charge is -2.35. The van der Waals surface area contributed by atoms with Gasteiger partial charge in [0, 0.05) is 56.6 Å². The molecule has 3 N–H and O–H groups in total. The summed E-state index contributed by atoms with van der Waals surface area (Å²) in [7, 11) is 0. The van der Waals surface area contributed by atoms with Crippen LogP contribution < -0.4 is 15.4 Å². The van der Waals surface area contributed by atoms with Crippen LogP contribution in [0.1, 0.15) is 61.5 Å². The van der Waals surface area contributed by atoms with Gasteiger partial charge in [-0.25, -0.2) is 9.78 Å². The first kappa shape index (κ1) is 34.4. The van der Waals surface area contributed by atoms with E-state index in [-0.39, 0.29) is 81.5 Å². The average Bonchev–Trinajstić information content (AvgIpc) is 3.74. The number of rotatable bonds is 12. The number of piperazine rings is 1. The fraction of sp³-hybridized carbons (Fsp3) is 0.545. The van der Waals surface area contributed by atoms with Crippen LogP contribution in [0.15, 0.2) is 24.3 Å². The Morgan fingerprint density at radius 2 is 1.73 bits per heavy atom. The lowest BCUT2D eigenvalue weighted by molar-refractivity contribution is -0.140. The molecule has 1 saturated carbocycles. The molecular weight excluding hydrogens is 624 g/mol. The Bertz CT molecular complexity index is 1570. The van der Waals surface area contributed by atoms with Gasteiger partial charge in [0.1, 0.15) is 23.5 Å². The fourth-order valence-electron chi connectivity index (χ4n) is 5.93. The predicted molar refractivity (Wildman–Crippen MR) is 171 cm³/mol. The molecule has 3 heterocycles. The van der Waals surface area contributed by atoms with Gasteiger partial charge in [-0.3, -0.25) is 24.0 Å². The van der Waals surface area contributed by atoms with Crippen molar-refractivity contribution in [3.8, 4) is 5.75 Å². The Kier molecular flexibility index (Phi) is 11.0. The van der Waals surface area contributed by atoms with Gasteiger partial charge in [-0.1, -0.05) is 6.07 Å². The Hall–Kier alpha value is -4.95. The molecular formula is C33H42N6O9. The number of carboxylic acid groups (broad SMARTS) is 1. The molecule has 0 spiro atoms. The number of hydrogen-bond donors (Lipinski definition) is 3.